The zero-order valence-electron chi connectivity index (χ0n) is 15.5. The molecule has 6 nitrogen and oxygen atoms in total. The van der Waals surface area contributed by atoms with Gasteiger partial charge in [-0.3, -0.25) is 4.79 Å². The normalized spacial score (nSPS) is 13.9. The first-order valence-electron chi connectivity index (χ1n) is 9.20. The molecule has 0 spiro atoms. The minimum atomic E-state index is -0.273. The SMILES string of the molecule is Cc1c(NC(=O)NCCc2ccccc2)cccc1C(=O)N1CCOCC1. The summed E-state index contributed by atoms with van der Waals surface area (Å²) in [5, 5.41) is 5.71. The van der Waals surface area contributed by atoms with Crippen LogP contribution < -0.4 is 10.6 Å². The van der Waals surface area contributed by atoms with Gasteiger partial charge in [0, 0.05) is 30.9 Å². The maximum atomic E-state index is 12.7. The molecule has 0 bridgehead atoms. The van der Waals surface area contributed by atoms with E-state index in [4.69, 9.17) is 4.74 Å². The lowest BCUT2D eigenvalue weighted by molar-refractivity contribution is 0.0302. The van der Waals surface area contributed by atoms with E-state index in [2.05, 4.69) is 10.6 Å². The van der Waals surface area contributed by atoms with E-state index < -0.39 is 0 Å². The lowest BCUT2D eigenvalue weighted by atomic mass is 10.1. The molecule has 1 fully saturated rings. The lowest BCUT2D eigenvalue weighted by Crippen LogP contribution is -2.41. The highest BCUT2D eigenvalue weighted by Gasteiger charge is 2.21. The lowest BCUT2D eigenvalue weighted by Gasteiger charge is -2.27. The minimum Gasteiger partial charge on any atom is -0.378 e. The summed E-state index contributed by atoms with van der Waals surface area (Å²) in [6.07, 6.45) is 0.767. The summed E-state index contributed by atoms with van der Waals surface area (Å²) >= 11 is 0. The number of rotatable bonds is 5. The number of nitrogens with zero attached hydrogens (tertiary/aromatic N) is 1. The molecule has 1 saturated heterocycles. The average Bonchev–Trinajstić information content (AvgIpc) is 2.70. The van der Waals surface area contributed by atoms with Gasteiger partial charge in [0.15, 0.2) is 0 Å². The second kappa shape index (κ2) is 9.19. The first-order valence-corrected chi connectivity index (χ1v) is 9.20. The Morgan fingerprint density at radius 1 is 1.04 bits per heavy atom. The van der Waals surface area contributed by atoms with Crippen molar-refractivity contribution in [2.45, 2.75) is 13.3 Å². The second-order valence-electron chi connectivity index (χ2n) is 6.50. The van der Waals surface area contributed by atoms with E-state index in [9.17, 15) is 9.59 Å². The van der Waals surface area contributed by atoms with Crippen LogP contribution in [0.5, 0.6) is 0 Å². The fourth-order valence-electron chi connectivity index (χ4n) is 3.07. The Hall–Kier alpha value is -2.86. The van der Waals surface area contributed by atoms with Gasteiger partial charge in [0.1, 0.15) is 0 Å². The summed E-state index contributed by atoms with van der Waals surface area (Å²) < 4.78 is 5.30. The predicted molar refractivity (Wildman–Crippen MR) is 105 cm³/mol. The Kier molecular flexibility index (Phi) is 6.44. The highest BCUT2D eigenvalue weighted by Crippen LogP contribution is 2.21. The number of amides is 3. The highest BCUT2D eigenvalue weighted by atomic mass is 16.5. The van der Waals surface area contributed by atoms with Crippen molar-refractivity contribution in [2.24, 2.45) is 0 Å². The van der Waals surface area contributed by atoms with Crippen molar-refractivity contribution in [3.63, 3.8) is 0 Å². The molecule has 142 valence electrons. The number of carbonyl (C=O) groups excluding carboxylic acids is 2. The fraction of sp³-hybridized carbons (Fsp3) is 0.333. The largest absolute Gasteiger partial charge is 0.378 e. The molecular formula is C21H25N3O3. The van der Waals surface area contributed by atoms with Crippen LogP contribution in [0.25, 0.3) is 0 Å². The van der Waals surface area contributed by atoms with Crippen LogP contribution in [0.3, 0.4) is 0 Å². The fourth-order valence-corrected chi connectivity index (χ4v) is 3.07. The van der Waals surface area contributed by atoms with Crippen molar-refractivity contribution in [3.05, 3.63) is 65.2 Å². The smallest absolute Gasteiger partial charge is 0.319 e. The van der Waals surface area contributed by atoms with Crippen molar-refractivity contribution in [1.82, 2.24) is 10.2 Å². The van der Waals surface area contributed by atoms with Crippen LogP contribution in [-0.4, -0.2) is 49.7 Å². The topological polar surface area (TPSA) is 70.7 Å². The van der Waals surface area contributed by atoms with Crippen LogP contribution >= 0.6 is 0 Å². The van der Waals surface area contributed by atoms with E-state index in [1.54, 1.807) is 17.0 Å². The number of urea groups is 1. The summed E-state index contributed by atoms with van der Waals surface area (Å²) in [4.78, 5) is 26.7. The highest BCUT2D eigenvalue weighted by molar-refractivity contribution is 5.99. The van der Waals surface area contributed by atoms with Crippen LogP contribution in [-0.2, 0) is 11.2 Å². The number of hydrogen-bond donors (Lipinski definition) is 2. The van der Waals surface area contributed by atoms with Gasteiger partial charge in [-0.25, -0.2) is 4.79 Å². The Morgan fingerprint density at radius 2 is 1.78 bits per heavy atom. The summed E-state index contributed by atoms with van der Waals surface area (Å²) in [6, 6.07) is 15.1. The summed E-state index contributed by atoms with van der Waals surface area (Å²) in [5.74, 6) is -0.0241. The quantitative estimate of drug-likeness (QED) is 0.854. The molecule has 0 radical (unpaired) electrons. The van der Waals surface area contributed by atoms with E-state index in [1.165, 1.54) is 5.56 Å². The molecule has 6 heteroatoms. The molecule has 2 N–H and O–H groups in total. The van der Waals surface area contributed by atoms with Crippen LogP contribution in [0.4, 0.5) is 10.5 Å². The summed E-state index contributed by atoms with van der Waals surface area (Å²) in [5.41, 5.74) is 3.20. The monoisotopic (exact) mass is 367 g/mol. The van der Waals surface area contributed by atoms with E-state index in [0.29, 0.717) is 44.1 Å². The van der Waals surface area contributed by atoms with Gasteiger partial charge >= 0.3 is 6.03 Å². The molecule has 1 aliphatic rings. The zero-order valence-corrected chi connectivity index (χ0v) is 15.5. The van der Waals surface area contributed by atoms with Gasteiger partial charge in [-0.1, -0.05) is 36.4 Å². The number of anilines is 1. The van der Waals surface area contributed by atoms with E-state index in [-0.39, 0.29) is 11.9 Å². The molecule has 1 aliphatic heterocycles. The van der Waals surface area contributed by atoms with Crippen molar-refractivity contribution >= 4 is 17.6 Å². The van der Waals surface area contributed by atoms with Crippen molar-refractivity contribution in [1.29, 1.82) is 0 Å². The average molecular weight is 367 g/mol. The molecule has 2 aromatic carbocycles. The second-order valence-corrected chi connectivity index (χ2v) is 6.50. The molecule has 2 aromatic rings. The molecule has 0 atom stereocenters. The van der Waals surface area contributed by atoms with Gasteiger partial charge in [-0.15, -0.1) is 0 Å². The third-order valence-electron chi connectivity index (χ3n) is 4.65. The summed E-state index contributed by atoms with van der Waals surface area (Å²) in [6.45, 7) is 4.71. The van der Waals surface area contributed by atoms with Crippen molar-refractivity contribution in [3.8, 4) is 0 Å². The maximum Gasteiger partial charge on any atom is 0.319 e. The Balaban J connectivity index is 1.58. The number of nitrogens with one attached hydrogen (secondary N) is 2. The third kappa shape index (κ3) is 5.08. The number of ether oxygens (including phenoxy) is 1. The maximum absolute atomic E-state index is 12.7. The van der Waals surface area contributed by atoms with Gasteiger partial charge in [-0.05, 0) is 36.6 Å². The van der Waals surface area contributed by atoms with Crippen LogP contribution in [0.2, 0.25) is 0 Å². The van der Waals surface area contributed by atoms with Crippen LogP contribution in [0.1, 0.15) is 21.5 Å². The van der Waals surface area contributed by atoms with E-state index in [1.807, 2.05) is 43.3 Å². The summed E-state index contributed by atoms with van der Waals surface area (Å²) in [7, 11) is 0. The van der Waals surface area contributed by atoms with E-state index in [0.717, 1.165) is 12.0 Å². The molecule has 27 heavy (non-hydrogen) atoms. The Morgan fingerprint density at radius 3 is 2.52 bits per heavy atom. The molecule has 0 saturated carbocycles. The molecule has 0 aromatic heterocycles. The van der Waals surface area contributed by atoms with Crippen molar-refractivity contribution < 1.29 is 14.3 Å². The number of benzene rings is 2. The standard InChI is InChI=1S/C21H25N3O3/c1-16-18(20(25)24-12-14-27-15-13-24)8-5-9-19(16)23-21(26)22-11-10-17-6-3-2-4-7-17/h2-9H,10-15H2,1H3,(H2,22,23,26). The molecule has 1 heterocycles. The molecule has 0 aliphatic carbocycles. The van der Waals surface area contributed by atoms with Crippen LogP contribution in [0.15, 0.2) is 48.5 Å². The molecular weight excluding hydrogens is 342 g/mol. The first-order chi connectivity index (χ1) is 13.1. The first kappa shape index (κ1) is 18.9. The van der Waals surface area contributed by atoms with Crippen molar-refractivity contribution in [2.75, 3.05) is 38.2 Å². The molecule has 3 amide bonds. The number of hydrogen-bond acceptors (Lipinski definition) is 3. The molecule has 0 unspecified atom stereocenters. The van der Waals surface area contributed by atoms with Gasteiger partial charge in [0.25, 0.3) is 5.91 Å². The van der Waals surface area contributed by atoms with Gasteiger partial charge in [0.05, 0.1) is 13.2 Å². The number of carbonyl (C=O) groups is 2. The molecule has 3 rings (SSSR count). The van der Waals surface area contributed by atoms with Gasteiger partial charge in [0.2, 0.25) is 0 Å². The Bertz CT molecular complexity index is 787. The third-order valence-corrected chi connectivity index (χ3v) is 4.65. The van der Waals surface area contributed by atoms with Crippen LogP contribution in [0, 0.1) is 6.92 Å². The Labute approximate surface area is 159 Å². The zero-order chi connectivity index (χ0) is 19.1. The van der Waals surface area contributed by atoms with Gasteiger partial charge in [-0.2, -0.15) is 0 Å². The van der Waals surface area contributed by atoms with Gasteiger partial charge < -0.3 is 20.3 Å². The van der Waals surface area contributed by atoms with E-state index >= 15 is 0 Å². The minimum absolute atomic E-state index is 0.0241. The number of morpholine rings is 1. The predicted octanol–water partition coefficient (Wildman–Crippen LogP) is 2.83.